The van der Waals surface area contributed by atoms with Crippen molar-refractivity contribution >= 4 is 39.1 Å². The van der Waals surface area contributed by atoms with Gasteiger partial charge in [0.25, 0.3) is 0 Å². The highest BCUT2D eigenvalue weighted by Crippen LogP contribution is 2.36. The van der Waals surface area contributed by atoms with Crippen molar-refractivity contribution in [2.24, 2.45) is 0 Å². The Morgan fingerprint density at radius 1 is 1.15 bits per heavy atom. The van der Waals surface area contributed by atoms with Crippen molar-refractivity contribution in [1.82, 2.24) is 19.5 Å². The molecule has 3 aromatic heterocycles. The predicted molar refractivity (Wildman–Crippen MR) is 106 cm³/mol. The molecule has 0 spiro atoms. The maximum Gasteiger partial charge on any atom is 0.163 e. The number of anilines is 1. The van der Waals surface area contributed by atoms with Gasteiger partial charge in [0.1, 0.15) is 18.0 Å². The van der Waals surface area contributed by atoms with Crippen LogP contribution in [0.25, 0.3) is 27.5 Å². The van der Waals surface area contributed by atoms with Crippen LogP contribution in [0.2, 0.25) is 0 Å². The molecule has 138 valence electrons. The Morgan fingerprint density at radius 3 is 2.78 bits per heavy atom. The van der Waals surface area contributed by atoms with Crippen molar-refractivity contribution in [3.05, 3.63) is 43.1 Å². The van der Waals surface area contributed by atoms with Crippen molar-refractivity contribution in [3.63, 3.8) is 0 Å². The van der Waals surface area contributed by atoms with Crippen LogP contribution in [0.15, 0.2) is 43.1 Å². The number of ether oxygens (including phenoxy) is 2. The molecule has 27 heavy (non-hydrogen) atoms. The number of hydrogen-bond acceptors (Lipinski definition) is 6. The zero-order valence-electron chi connectivity index (χ0n) is 14.7. The number of halogens is 1. The van der Waals surface area contributed by atoms with E-state index in [1.54, 1.807) is 25.8 Å². The van der Waals surface area contributed by atoms with E-state index in [1.165, 1.54) is 0 Å². The average molecular weight is 384 g/mol. The second-order valence-electron chi connectivity index (χ2n) is 5.97. The van der Waals surface area contributed by atoms with Crippen LogP contribution in [0, 0.1) is 0 Å². The van der Waals surface area contributed by atoms with Gasteiger partial charge in [-0.2, -0.15) is 0 Å². The first kappa shape index (κ1) is 17.4. The SMILES string of the molecule is COc1cc2c(cc1OCCCCl)ncc1c(N)nc(-n3ccnc3)cc12. The molecule has 2 N–H and O–H groups in total. The third-order valence-corrected chi connectivity index (χ3v) is 4.55. The van der Waals surface area contributed by atoms with Crippen LogP contribution < -0.4 is 15.2 Å². The van der Waals surface area contributed by atoms with Crippen molar-refractivity contribution in [2.75, 3.05) is 25.3 Å². The van der Waals surface area contributed by atoms with Crippen molar-refractivity contribution in [2.45, 2.75) is 6.42 Å². The van der Waals surface area contributed by atoms with Crippen molar-refractivity contribution in [1.29, 1.82) is 0 Å². The van der Waals surface area contributed by atoms with Gasteiger partial charge >= 0.3 is 0 Å². The third-order valence-electron chi connectivity index (χ3n) is 4.28. The molecule has 0 unspecified atom stereocenters. The molecule has 0 amide bonds. The minimum Gasteiger partial charge on any atom is -0.493 e. The summed E-state index contributed by atoms with van der Waals surface area (Å²) in [6.07, 6.45) is 7.68. The van der Waals surface area contributed by atoms with Crippen molar-refractivity contribution in [3.8, 4) is 17.3 Å². The highest BCUT2D eigenvalue weighted by Gasteiger charge is 2.13. The third kappa shape index (κ3) is 3.21. The minimum absolute atomic E-state index is 0.409. The molecule has 8 heteroatoms. The van der Waals surface area contributed by atoms with Crippen LogP contribution in [0.5, 0.6) is 11.5 Å². The van der Waals surface area contributed by atoms with Gasteiger partial charge in [-0.05, 0) is 18.6 Å². The molecular weight excluding hydrogens is 366 g/mol. The molecule has 7 nitrogen and oxygen atoms in total. The summed E-state index contributed by atoms with van der Waals surface area (Å²) in [7, 11) is 1.61. The summed E-state index contributed by atoms with van der Waals surface area (Å²) in [6, 6.07) is 5.75. The van der Waals surface area contributed by atoms with E-state index < -0.39 is 0 Å². The fourth-order valence-electron chi connectivity index (χ4n) is 2.96. The molecule has 1 aromatic carbocycles. The zero-order valence-corrected chi connectivity index (χ0v) is 15.5. The molecule has 0 radical (unpaired) electrons. The van der Waals surface area contributed by atoms with Crippen LogP contribution >= 0.6 is 11.6 Å². The lowest BCUT2D eigenvalue weighted by atomic mass is 10.1. The molecule has 0 saturated heterocycles. The Hall–Kier alpha value is -3.06. The average Bonchev–Trinajstić information content (AvgIpc) is 3.22. The van der Waals surface area contributed by atoms with E-state index in [0.29, 0.717) is 35.6 Å². The first-order valence-electron chi connectivity index (χ1n) is 8.45. The van der Waals surface area contributed by atoms with E-state index in [0.717, 1.165) is 28.1 Å². The monoisotopic (exact) mass is 383 g/mol. The Morgan fingerprint density at radius 2 is 2.04 bits per heavy atom. The van der Waals surface area contributed by atoms with E-state index in [-0.39, 0.29) is 0 Å². The Labute approximate surface area is 160 Å². The van der Waals surface area contributed by atoms with Gasteiger partial charge in [0, 0.05) is 46.7 Å². The van der Waals surface area contributed by atoms with Gasteiger partial charge in [0.2, 0.25) is 0 Å². The molecule has 0 bridgehead atoms. The van der Waals surface area contributed by atoms with Gasteiger partial charge < -0.3 is 15.2 Å². The number of benzene rings is 1. The van der Waals surface area contributed by atoms with Crippen LogP contribution in [-0.4, -0.2) is 39.1 Å². The Bertz CT molecular complexity index is 1100. The van der Waals surface area contributed by atoms with Gasteiger partial charge in [-0.15, -0.1) is 11.6 Å². The second-order valence-corrected chi connectivity index (χ2v) is 6.34. The largest absolute Gasteiger partial charge is 0.493 e. The summed E-state index contributed by atoms with van der Waals surface area (Å²) in [4.78, 5) is 13.0. The molecular formula is C19H18ClN5O2. The van der Waals surface area contributed by atoms with Crippen LogP contribution in [0.1, 0.15) is 6.42 Å². The van der Waals surface area contributed by atoms with Gasteiger partial charge in [0.05, 0.1) is 19.2 Å². The number of methoxy groups -OCH3 is 1. The van der Waals surface area contributed by atoms with E-state index in [2.05, 4.69) is 15.0 Å². The summed E-state index contributed by atoms with van der Waals surface area (Å²) in [6.45, 7) is 0.514. The van der Waals surface area contributed by atoms with Crippen molar-refractivity contribution < 1.29 is 9.47 Å². The number of pyridine rings is 2. The van der Waals surface area contributed by atoms with Crippen LogP contribution in [-0.2, 0) is 0 Å². The number of fused-ring (bicyclic) bond motifs is 3. The number of nitrogens with two attached hydrogens (primary N) is 1. The number of alkyl halides is 1. The van der Waals surface area contributed by atoms with Gasteiger partial charge in [-0.25, -0.2) is 9.97 Å². The minimum atomic E-state index is 0.409. The smallest absolute Gasteiger partial charge is 0.163 e. The molecule has 0 aliphatic heterocycles. The van der Waals surface area contributed by atoms with E-state index in [4.69, 9.17) is 26.8 Å². The summed E-state index contributed by atoms with van der Waals surface area (Å²) >= 11 is 5.73. The number of nitrogen functional groups attached to an aromatic ring is 1. The summed E-state index contributed by atoms with van der Waals surface area (Å²) in [5.74, 6) is 2.91. The molecule has 0 atom stereocenters. The number of aromatic nitrogens is 4. The lowest BCUT2D eigenvalue weighted by Crippen LogP contribution is -2.02. The summed E-state index contributed by atoms with van der Waals surface area (Å²) in [5.41, 5.74) is 6.97. The van der Waals surface area contributed by atoms with E-state index in [9.17, 15) is 0 Å². The highest BCUT2D eigenvalue weighted by atomic mass is 35.5. The lowest BCUT2D eigenvalue weighted by molar-refractivity contribution is 0.295. The van der Waals surface area contributed by atoms with E-state index >= 15 is 0 Å². The lowest BCUT2D eigenvalue weighted by Gasteiger charge is -2.13. The molecule has 4 rings (SSSR count). The Balaban J connectivity index is 1.91. The highest BCUT2D eigenvalue weighted by molar-refractivity contribution is 6.17. The predicted octanol–water partition coefficient (Wildman–Crippen LogP) is 3.57. The fraction of sp³-hybridized carbons (Fsp3) is 0.211. The quantitative estimate of drug-likeness (QED) is 0.311. The summed E-state index contributed by atoms with van der Waals surface area (Å²) < 4.78 is 13.1. The molecule has 3 heterocycles. The van der Waals surface area contributed by atoms with Gasteiger partial charge in [-0.3, -0.25) is 9.55 Å². The maximum atomic E-state index is 6.18. The second kappa shape index (κ2) is 7.28. The van der Waals surface area contributed by atoms with Gasteiger partial charge in [0.15, 0.2) is 11.5 Å². The molecule has 0 fully saturated rings. The number of nitrogens with zero attached hydrogens (tertiary/aromatic N) is 4. The Kier molecular flexibility index (Phi) is 4.68. The maximum absolute atomic E-state index is 6.18. The fourth-order valence-corrected chi connectivity index (χ4v) is 3.07. The molecule has 0 aliphatic rings. The van der Waals surface area contributed by atoms with Gasteiger partial charge in [-0.1, -0.05) is 0 Å². The summed E-state index contributed by atoms with van der Waals surface area (Å²) in [5, 5.41) is 2.62. The first-order chi connectivity index (χ1) is 13.2. The number of rotatable bonds is 6. The normalized spacial score (nSPS) is 11.2. The van der Waals surface area contributed by atoms with E-state index in [1.807, 2.05) is 29.0 Å². The number of imidazole rings is 1. The van der Waals surface area contributed by atoms with Crippen LogP contribution in [0.4, 0.5) is 5.82 Å². The number of hydrogen-bond donors (Lipinski definition) is 1. The molecule has 0 aliphatic carbocycles. The topological polar surface area (TPSA) is 88.1 Å². The zero-order chi connectivity index (χ0) is 18.8. The standard InChI is InChI=1S/C19H18ClN5O2/c1-26-16-7-13-12-8-18(25-5-4-22-11-25)24-19(21)14(12)10-23-15(13)9-17(16)27-6-2-3-20/h4-5,7-11H,2-3,6H2,1H3,(H2,21,24). The first-order valence-corrected chi connectivity index (χ1v) is 8.99. The molecule has 4 aromatic rings. The molecule has 0 saturated carbocycles. The van der Waals surface area contributed by atoms with Crippen LogP contribution in [0.3, 0.4) is 0 Å².